The standard InChI is InChI=1S/C19H25N3O3/c1-5-19(24)20-16-8-9-18(21(3)4)15(11-16)12-22(14(2)23)13-17-7-6-10-25-17/h6-11H,5,12-13H2,1-4H3,(H,20,24). The summed E-state index contributed by atoms with van der Waals surface area (Å²) in [5.41, 5.74) is 2.69. The first kappa shape index (κ1) is 18.6. The van der Waals surface area contributed by atoms with Gasteiger partial charge in [-0.3, -0.25) is 9.59 Å². The SMILES string of the molecule is CCC(=O)Nc1ccc(N(C)C)c(CN(Cc2ccco2)C(C)=O)c1. The molecule has 1 aromatic carbocycles. The first-order valence-electron chi connectivity index (χ1n) is 8.28. The Morgan fingerprint density at radius 1 is 1.16 bits per heavy atom. The quantitative estimate of drug-likeness (QED) is 0.838. The minimum absolute atomic E-state index is 0.0379. The van der Waals surface area contributed by atoms with Crippen molar-refractivity contribution in [3.63, 3.8) is 0 Å². The van der Waals surface area contributed by atoms with Crippen molar-refractivity contribution in [1.82, 2.24) is 4.90 Å². The van der Waals surface area contributed by atoms with Gasteiger partial charge in [0, 0.05) is 45.4 Å². The Labute approximate surface area is 148 Å². The number of anilines is 2. The van der Waals surface area contributed by atoms with Gasteiger partial charge in [0.15, 0.2) is 0 Å². The summed E-state index contributed by atoms with van der Waals surface area (Å²) >= 11 is 0. The molecular formula is C19H25N3O3. The number of nitrogens with zero attached hydrogens (tertiary/aromatic N) is 2. The number of carbonyl (C=O) groups excluding carboxylic acids is 2. The van der Waals surface area contributed by atoms with E-state index in [1.165, 1.54) is 0 Å². The molecule has 0 unspecified atom stereocenters. The van der Waals surface area contributed by atoms with Crippen LogP contribution in [0.1, 0.15) is 31.6 Å². The molecule has 0 radical (unpaired) electrons. The van der Waals surface area contributed by atoms with Crippen LogP contribution in [0, 0.1) is 0 Å². The number of hydrogen-bond donors (Lipinski definition) is 1. The van der Waals surface area contributed by atoms with Crippen LogP contribution in [0.3, 0.4) is 0 Å². The number of amides is 2. The zero-order valence-corrected chi connectivity index (χ0v) is 15.2. The van der Waals surface area contributed by atoms with Crippen LogP contribution in [0.25, 0.3) is 0 Å². The molecule has 1 aromatic heterocycles. The molecule has 0 atom stereocenters. The number of carbonyl (C=O) groups is 2. The van der Waals surface area contributed by atoms with E-state index in [2.05, 4.69) is 5.32 Å². The fourth-order valence-electron chi connectivity index (χ4n) is 2.55. The highest BCUT2D eigenvalue weighted by Gasteiger charge is 2.16. The molecule has 2 rings (SSSR count). The van der Waals surface area contributed by atoms with Gasteiger partial charge >= 0.3 is 0 Å². The minimum atomic E-state index is -0.0393. The smallest absolute Gasteiger partial charge is 0.224 e. The van der Waals surface area contributed by atoms with Crippen LogP contribution in [0.15, 0.2) is 41.0 Å². The van der Waals surface area contributed by atoms with E-state index < -0.39 is 0 Å². The van der Waals surface area contributed by atoms with Crippen LogP contribution in [-0.4, -0.2) is 30.8 Å². The third-order valence-electron chi connectivity index (χ3n) is 3.90. The largest absolute Gasteiger partial charge is 0.467 e. The molecule has 0 saturated heterocycles. The van der Waals surface area contributed by atoms with Crippen molar-refractivity contribution >= 4 is 23.2 Å². The number of furan rings is 1. The Balaban J connectivity index is 2.27. The molecule has 2 amide bonds. The number of hydrogen-bond acceptors (Lipinski definition) is 4. The van der Waals surface area contributed by atoms with Crippen molar-refractivity contribution in [2.75, 3.05) is 24.3 Å². The average molecular weight is 343 g/mol. The lowest BCUT2D eigenvalue weighted by Gasteiger charge is -2.24. The van der Waals surface area contributed by atoms with Gasteiger partial charge in [-0.05, 0) is 35.9 Å². The summed E-state index contributed by atoms with van der Waals surface area (Å²) in [5.74, 6) is 0.656. The molecule has 0 saturated carbocycles. The second kappa shape index (κ2) is 8.37. The Kier molecular flexibility index (Phi) is 6.22. The summed E-state index contributed by atoms with van der Waals surface area (Å²) in [5, 5.41) is 2.87. The number of rotatable bonds is 7. The summed E-state index contributed by atoms with van der Waals surface area (Å²) in [6, 6.07) is 9.39. The van der Waals surface area contributed by atoms with Gasteiger partial charge in [0.2, 0.25) is 11.8 Å². The molecule has 0 aliphatic rings. The van der Waals surface area contributed by atoms with Crippen molar-refractivity contribution in [2.24, 2.45) is 0 Å². The van der Waals surface area contributed by atoms with Gasteiger partial charge in [-0.15, -0.1) is 0 Å². The summed E-state index contributed by atoms with van der Waals surface area (Å²) in [6.45, 7) is 4.19. The van der Waals surface area contributed by atoms with Gasteiger partial charge in [-0.25, -0.2) is 0 Å². The molecule has 0 bridgehead atoms. The molecule has 0 spiro atoms. The molecule has 25 heavy (non-hydrogen) atoms. The fraction of sp³-hybridized carbons (Fsp3) is 0.368. The molecule has 2 aromatic rings. The second-order valence-corrected chi connectivity index (χ2v) is 6.09. The van der Waals surface area contributed by atoms with Crippen molar-refractivity contribution in [3.05, 3.63) is 47.9 Å². The predicted octanol–water partition coefficient (Wildman–Crippen LogP) is 3.24. The lowest BCUT2D eigenvalue weighted by atomic mass is 10.1. The monoisotopic (exact) mass is 343 g/mol. The maximum Gasteiger partial charge on any atom is 0.224 e. The molecule has 0 aliphatic heterocycles. The Morgan fingerprint density at radius 3 is 2.48 bits per heavy atom. The minimum Gasteiger partial charge on any atom is -0.467 e. The molecule has 1 heterocycles. The van der Waals surface area contributed by atoms with Gasteiger partial charge in [-0.1, -0.05) is 6.92 Å². The molecular weight excluding hydrogens is 318 g/mol. The van der Waals surface area contributed by atoms with Crippen molar-refractivity contribution in [2.45, 2.75) is 33.4 Å². The highest BCUT2D eigenvalue weighted by atomic mass is 16.3. The van der Waals surface area contributed by atoms with Crippen LogP contribution >= 0.6 is 0 Å². The molecule has 134 valence electrons. The van der Waals surface area contributed by atoms with E-state index in [9.17, 15) is 9.59 Å². The van der Waals surface area contributed by atoms with Crippen LogP contribution in [0.4, 0.5) is 11.4 Å². The zero-order valence-electron chi connectivity index (χ0n) is 15.2. The van der Waals surface area contributed by atoms with Crippen molar-refractivity contribution in [1.29, 1.82) is 0 Å². The fourth-order valence-corrected chi connectivity index (χ4v) is 2.55. The Hall–Kier alpha value is -2.76. The lowest BCUT2D eigenvalue weighted by molar-refractivity contribution is -0.130. The van der Waals surface area contributed by atoms with Gasteiger partial charge < -0.3 is 19.5 Å². The number of benzene rings is 1. The zero-order chi connectivity index (χ0) is 18.4. The van der Waals surface area contributed by atoms with E-state index in [1.54, 1.807) is 24.2 Å². The first-order chi connectivity index (χ1) is 11.9. The maximum absolute atomic E-state index is 12.1. The molecule has 0 aliphatic carbocycles. The topological polar surface area (TPSA) is 65.8 Å². The van der Waals surface area contributed by atoms with Gasteiger partial charge in [0.1, 0.15) is 5.76 Å². The number of nitrogens with one attached hydrogen (secondary N) is 1. The van der Waals surface area contributed by atoms with E-state index in [4.69, 9.17) is 4.42 Å². The van der Waals surface area contributed by atoms with E-state index in [0.29, 0.717) is 19.5 Å². The maximum atomic E-state index is 12.1. The van der Waals surface area contributed by atoms with Crippen LogP contribution in [0.5, 0.6) is 0 Å². The highest BCUT2D eigenvalue weighted by Crippen LogP contribution is 2.25. The van der Waals surface area contributed by atoms with E-state index in [-0.39, 0.29) is 11.8 Å². The van der Waals surface area contributed by atoms with Crippen molar-refractivity contribution < 1.29 is 14.0 Å². The average Bonchev–Trinajstić information content (AvgIpc) is 3.07. The second-order valence-electron chi connectivity index (χ2n) is 6.09. The van der Waals surface area contributed by atoms with E-state index >= 15 is 0 Å². The first-order valence-corrected chi connectivity index (χ1v) is 8.28. The van der Waals surface area contributed by atoms with E-state index in [1.807, 2.05) is 50.2 Å². The van der Waals surface area contributed by atoms with Gasteiger partial charge in [0.05, 0.1) is 12.8 Å². The Bertz CT molecular complexity index is 724. The third-order valence-corrected chi connectivity index (χ3v) is 3.90. The van der Waals surface area contributed by atoms with Gasteiger partial charge in [0.25, 0.3) is 0 Å². The lowest BCUT2D eigenvalue weighted by Crippen LogP contribution is -2.28. The van der Waals surface area contributed by atoms with Gasteiger partial charge in [-0.2, -0.15) is 0 Å². The summed E-state index contributed by atoms with van der Waals surface area (Å²) in [7, 11) is 3.90. The van der Waals surface area contributed by atoms with Crippen LogP contribution in [0.2, 0.25) is 0 Å². The highest BCUT2D eigenvalue weighted by molar-refractivity contribution is 5.90. The van der Waals surface area contributed by atoms with Crippen LogP contribution < -0.4 is 10.2 Å². The molecule has 6 nitrogen and oxygen atoms in total. The van der Waals surface area contributed by atoms with Crippen molar-refractivity contribution in [3.8, 4) is 0 Å². The molecule has 0 fully saturated rings. The summed E-state index contributed by atoms with van der Waals surface area (Å²) in [6.07, 6.45) is 2.02. The third kappa shape index (κ3) is 5.11. The predicted molar refractivity (Wildman–Crippen MR) is 98.3 cm³/mol. The molecule has 6 heteroatoms. The Morgan fingerprint density at radius 2 is 1.92 bits per heavy atom. The normalized spacial score (nSPS) is 10.4. The summed E-state index contributed by atoms with van der Waals surface area (Å²) < 4.78 is 5.36. The van der Waals surface area contributed by atoms with E-state index in [0.717, 1.165) is 22.7 Å². The summed E-state index contributed by atoms with van der Waals surface area (Å²) in [4.78, 5) is 27.4. The van der Waals surface area contributed by atoms with Crippen LogP contribution in [-0.2, 0) is 22.7 Å². The molecule has 1 N–H and O–H groups in total.